The molecule has 0 bridgehead atoms. The molecule has 0 unspecified atom stereocenters. The third kappa shape index (κ3) is 4.09. The molecule has 1 fully saturated rings. The van der Waals surface area contributed by atoms with Crippen LogP contribution in [0.15, 0.2) is 48.5 Å². The summed E-state index contributed by atoms with van der Waals surface area (Å²) in [6.07, 6.45) is 0.640. The highest BCUT2D eigenvalue weighted by atomic mass is 32.1. The molecule has 2 heterocycles. The van der Waals surface area contributed by atoms with Crippen LogP contribution in [0.3, 0.4) is 0 Å². The van der Waals surface area contributed by atoms with Gasteiger partial charge in [-0.05, 0) is 29.8 Å². The molecule has 0 atom stereocenters. The second kappa shape index (κ2) is 7.89. The van der Waals surface area contributed by atoms with E-state index in [1.165, 1.54) is 24.3 Å². The predicted molar refractivity (Wildman–Crippen MR) is 107 cm³/mol. The molecule has 0 spiro atoms. The summed E-state index contributed by atoms with van der Waals surface area (Å²) in [4.78, 5) is 14.8. The monoisotopic (exact) mass is 399 g/mol. The summed E-state index contributed by atoms with van der Waals surface area (Å²) in [6.45, 7) is 3.24. The highest BCUT2D eigenvalue weighted by molar-refractivity contribution is 7.15. The van der Waals surface area contributed by atoms with Gasteiger partial charge < -0.3 is 9.80 Å². The average molecular weight is 399 g/mol. The van der Waals surface area contributed by atoms with Crippen LogP contribution in [-0.2, 0) is 6.42 Å². The van der Waals surface area contributed by atoms with E-state index < -0.39 is 0 Å². The Morgan fingerprint density at radius 1 is 0.964 bits per heavy atom. The van der Waals surface area contributed by atoms with Crippen molar-refractivity contribution in [3.63, 3.8) is 0 Å². The molecule has 1 aliphatic rings. The fourth-order valence-corrected chi connectivity index (χ4v) is 4.09. The van der Waals surface area contributed by atoms with Gasteiger partial charge in [0.25, 0.3) is 5.69 Å². The quantitative estimate of drug-likeness (QED) is 0.483. The topological polar surface area (TPSA) is 75.4 Å². The maximum Gasteiger partial charge on any atom is 0.269 e. The van der Waals surface area contributed by atoms with Crippen LogP contribution >= 0.6 is 11.3 Å². The molecule has 4 rings (SSSR count). The number of nitro groups is 1. The standard InChI is InChI=1S/C19H18FN5O2S/c20-15-3-1-14(2-4-15)13-18-21-22-19(28-18)24-11-9-23(10-12-24)16-5-7-17(8-6-16)25(26)27/h1-8H,9-13H2. The lowest BCUT2D eigenvalue weighted by Crippen LogP contribution is -2.46. The van der Waals surface area contributed by atoms with E-state index in [0.29, 0.717) is 6.42 Å². The minimum absolute atomic E-state index is 0.102. The average Bonchev–Trinajstić information content (AvgIpc) is 3.18. The molecule has 1 aliphatic heterocycles. The summed E-state index contributed by atoms with van der Waals surface area (Å²) in [6, 6.07) is 13.1. The molecule has 9 heteroatoms. The van der Waals surface area contributed by atoms with Crippen LogP contribution in [0.1, 0.15) is 10.6 Å². The van der Waals surface area contributed by atoms with Crippen LogP contribution in [0.2, 0.25) is 0 Å². The van der Waals surface area contributed by atoms with Crippen molar-refractivity contribution >= 4 is 27.8 Å². The van der Waals surface area contributed by atoms with Crippen LogP contribution < -0.4 is 9.80 Å². The first kappa shape index (κ1) is 18.3. The number of rotatable bonds is 5. The first-order chi connectivity index (χ1) is 13.6. The summed E-state index contributed by atoms with van der Waals surface area (Å²) in [5.41, 5.74) is 2.09. The number of benzene rings is 2. The summed E-state index contributed by atoms with van der Waals surface area (Å²) in [5.74, 6) is -0.243. The first-order valence-electron chi connectivity index (χ1n) is 8.90. The number of halogens is 1. The van der Waals surface area contributed by atoms with Crippen LogP contribution in [0.25, 0.3) is 0 Å². The van der Waals surface area contributed by atoms with Crippen molar-refractivity contribution in [3.05, 3.63) is 75.0 Å². The highest BCUT2D eigenvalue weighted by Gasteiger charge is 2.21. The molecule has 0 amide bonds. The van der Waals surface area contributed by atoms with Crippen LogP contribution in [0.4, 0.5) is 20.9 Å². The van der Waals surface area contributed by atoms with E-state index >= 15 is 0 Å². The predicted octanol–water partition coefficient (Wildman–Crippen LogP) is 3.50. The largest absolute Gasteiger partial charge is 0.368 e. The van der Waals surface area contributed by atoms with Crippen molar-refractivity contribution in [2.45, 2.75) is 6.42 Å². The van der Waals surface area contributed by atoms with E-state index in [2.05, 4.69) is 20.0 Å². The number of nitrogens with zero attached hydrogens (tertiary/aromatic N) is 5. The van der Waals surface area contributed by atoms with Crippen LogP contribution in [-0.4, -0.2) is 41.3 Å². The third-order valence-corrected chi connectivity index (χ3v) is 5.68. The summed E-state index contributed by atoms with van der Waals surface area (Å²) < 4.78 is 13.0. The first-order valence-corrected chi connectivity index (χ1v) is 9.71. The number of piperazine rings is 1. The van der Waals surface area contributed by atoms with Gasteiger partial charge in [0.05, 0.1) is 4.92 Å². The molecule has 3 aromatic rings. The van der Waals surface area contributed by atoms with E-state index in [0.717, 1.165) is 47.6 Å². The Bertz CT molecular complexity index is 953. The van der Waals surface area contributed by atoms with Crippen molar-refractivity contribution < 1.29 is 9.31 Å². The molecular weight excluding hydrogens is 381 g/mol. The molecule has 7 nitrogen and oxygen atoms in total. The Morgan fingerprint density at radius 2 is 1.61 bits per heavy atom. The van der Waals surface area contributed by atoms with Crippen molar-refractivity contribution in [1.29, 1.82) is 0 Å². The van der Waals surface area contributed by atoms with Gasteiger partial charge in [-0.25, -0.2) is 4.39 Å². The number of anilines is 2. The van der Waals surface area contributed by atoms with E-state index in [-0.39, 0.29) is 16.4 Å². The number of hydrogen-bond acceptors (Lipinski definition) is 7. The second-order valence-electron chi connectivity index (χ2n) is 6.53. The normalized spacial score (nSPS) is 14.3. The molecule has 0 aliphatic carbocycles. The zero-order chi connectivity index (χ0) is 19.5. The Morgan fingerprint density at radius 3 is 2.25 bits per heavy atom. The zero-order valence-electron chi connectivity index (χ0n) is 15.0. The van der Waals surface area contributed by atoms with Crippen molar-refractivity contribution in [2.24, 2.45) is 0 Å². The Labute approximate surface area is 165 Å². The van der Waals surface area contributed by atoms with Gasteiger partial charge in [-0.2, -0.15) is 0 Å². The third-order valence-electron chi connectivity index (χ3n) is 4.70. The number of aromatic nitrogens is 2. The van der Waals surface area contributed by atoms with Gasteiger partial charge in [0, 0.05) is 50.4 Å². The Kier molecular flexibility index (Phi) is 5.16. The van der Waals surface area contributed by atoms with E-state index in [1.807, 2.05) is 0 Å². The number of nitro benzene ring substituents is 1. The van der Waals surface area contributed by atoms with Crippen molar-refractivity contribution in [1.82, 2.24) is 10.2 Å². The lowest BCUT2D eigenvalue weighted by atomic mass is 10.2. The Balaban J connectivity index is 1.35. The van der Waals surface area contributed by atoms with Gasteiger partial charge in [0.1, 0.15) is 10.8 Å². The lowest BCUT2D eigenvalue weighted by Gasteiger charge is -2.35. The van der Waals surface area contributed by atoms with Crippen LogP contribution in [0.5, 0.6) is 0 Å². The van der Waals surface area contributed by atoms with Gasteiger partial charge in [0.15, 0.2) is 0 Å². The van der Waals surface area contributed by atoms with Gasteiger partial charge in [-0.15, -0.1) is 10.2 Å². The molecule has 28 heavy (non-hydrogen) atoms. The fraction of sp³-hybridized carbons (Fsp3) is 0.263. The van der Waals surface area contributed by atoms with Gasteiger partial charge in [0.2, 0.25) is 5.13 Å². The molecule has 2 aromatic carbocycles. The van der Waals surface area contributed by atoms with Crippen molar-refractivity contribution in [2.75, 3.05) is 36.0 Å². The highest BCUT2D eigenvalue weighted by Crippen LogP contribution is 2.26. The van der Waals surface area contributed by atoms with Gasteiger partial charge >= 0.3 is 0 Å². The number of non-ortho nitro benzene ring substituents is 1. The minimum Gasteiger partial charge on any atom is -0.368 e. The lowest BCUT2D eigenvalue weighted by molar-refractivity contribution is -0.384. The summed E-state index contributed by atoms with van der Waals surface area (Å²) >= 11 is 1.56. The minimum atomic E-state index is -0.388. The van der Waals surface area contributed by atoms with Gasteiger partial charge in [-0.3, -0.25) is 10.1 Å². The molecule has 0 radical (unpaired) electrons. The molecule has 1 saturated heterocycles. The molecular formula is C19H18FN5O2S. The van der Waals surface area contributed by atoms with E-state index in [4.69, 9.17) is 0 Å². The van der Waals surface area contributed by atoms with E-state index in [9.17, 15) is 14.5 Å². The maximum atomic E-state index is 13.0. The van der Waals surface area contributed by atoms with Crippen LogP contribution in [0, 0.1) is 15.9 Å². The van der Waals surface area contributed by atoms with Crippen molar-refractivity contribution in [3.8, 4) is 0 Å². The van der Waals surface area contributed by atoms with Gasteiger partial charge in [-0.1, -0.05) is 23.5 Å². The maximum absolute atomic E-state index is 13.0. The molecule has 0 saturated carbocycles. The number of hydrogen-bond donors (Lipinski definition) is 0. The fourth-order valence-electron chi connectivity index (χ4n) is 3.16. The SMILES string of the molecule is O=[N+]([O-])c1ccc(N2CCN(c3nnc(Cc4ccc(F)cc4)s3)CC2)cc1. The summed E-state index contributed by atoms with van der Waals surface area (Å²) in [5, 5.41) is 21.1. The Hall–Kier alpha value is -3.07. The second-order valence-corrected chi connectivity index (χ2v) is 7.57. The zero-order valence-corrected chi connectivity index (χ0v) is 15.8. The molecule has 1 aromatic heterocycles. The summed E-state index contributed by atoms with van der Waals surface area (Å²) in [7, 11) is 0. The molecule has 0 N–H and O–H groups in total. The molecule has 144 valence electrons. The smallest absolute Gasteiger partial charge is 0.269 e. The van der Waals surface area contributed by atoms with E-state index in [1.54, 1.807) is 35.6 Å².